The van der Waals surface area contributed by atoms with Gasteiger partial charge < -0.3 is 11.1 Å². The van der Waals surface area contributed by atoms with Crippen LogP contribution in [0.25, 0.3) is 0 Å². The summed E-state index contributed by atoms with van der Waals surface area (Å²) in [7, 11) is 0. The lowest BCUT2D eigenvalue weighted by molar-refractivity contribution is -0.124. The summed E-state index contributed by atoms with van der Waals surface area (Å²) in [5.74, 6) is 0.136. The average molecular weight is 255 g/mol. The Bertz CT molecular complexity index is 249. The van der Waals surface area contributed by atoms with E-state index < -0.39 is 0 Å². The summed E-state index contributed by atoms with van der Waals surface area (Å²) in [4.78, 5) is 14.2. The molecule has 1 fully saturated rings. The van der Waals surface area contributed by atoms with Crippen molar-refractivity contribution < 1.29 is 4.79 Å². The minimum Gasteiger partial charge on any atom is -0.355 e. The zero-order valence-corrected chi connectivity index (χ0v) is 12.0. The summed E-state index contributed by atoms with van der Waals surface area (Å²) in [6, 6.07) is 0. The minimum atomic E-state index is 0.0660. The molecule has 0 atom stereocenters. The average Bonchev–Trinajstić information content (AvgIpc) is 2.43. The molecule has 1 aliphatic rings. The summed E-state index contributed by atoms with van der Waals surface area (Å²) >= 11 is 0. The van der Waals surface area contributed by atoms with Gasteiger partial charge in [-0.2, -0.15) is 0 Å². The van der Waals surface area contributed by atoms with Gasteiger partial charge in [0, 0.05) is 18.6 Å². The Morgan fingerprint density at radius 3 is 2.44 bits per heavy atom. The van der Waals surface area contributed by atoms with Gasteiger partial charge in [0.05, 0.1) is 6.54 Å². The van der Waals surface area contributed by atoms with Crippen molar-refractivity contribution in [1.82, 2.24) is 10.2 Å². The maximum absolute atomic E-state index is 11.9. The first-order valence-electron chi connectivity index (χ1n) is 7.40. The molecular weight excluding hydrogens is 226 g/mol. The van der Waals surface area contributed by atoms with Crippen molar-refractivity contribution >= 4 is 5.91 Å². The zero-order chi connectivity index (χ0) is 13.4. The highest BCUT2D eigenvalue weighted by atomic mass is 16.2. The molecule has 0 heterocycles. The van der Waals surface area contributed by atoms with Crippen molar-refractivity contribution in [2.45, 2.75) is 57.9 Å². The van der Waals surface area contributed by atoms with Gasteiger partial charge in [-0.25, -0.2) is 0 Å². The fraction of sp³-hybridized carbons (Fsp3) is 0.929. The SMILES string of the molecule is CCCNC(=O)CN(CC)C1(CN)CCCCC1. The first-order chi connectivity index (χ1) is 8.68. The number of carbonyl (C=O) groups excluding carboxylic acids is 1. The molecule has 0 aromatic rings. The van der Waals surface area contributed by atoms with Crippen LogP contribution in [0.15, 0.2) is 0 Å². The Hall–Kier alpha value is -0.610. The smallest absolute Gasteiger partial charge is 0.234 e. The summed E-state index contributed by atoms with van der Waals surface area (Å²) < 4.78 is 0. The molecular formula is C14H29N3O. The summed E-state index contributed by atoms with van der Waals surface area (Å²) in [5.41, 5.74) is 6.08. The van der Waals surface area contributed by atoms with E-state index in [1.54, 1.807) is 0 Å². The molecule has 1 rings (SSSR count). The molecule has 18 heavy (non-hydrogen) atoms. The van der Waals surface area contributed by atoms with Crippen LogP contribution in [0.4, 0.5) is 0 Å². The van der Waals surface area contributed by atoms with Gasteiger partial charge in [0.1, 0.15) is 0 Å². The molecule has 0 saturated heterocycles. The predicted octanol–water partition coefficient (Wildman–Crippen LogP) is 1.50. The quantitative estimate of drug-likeness (QED) is 0.725. The third-order valence-electron chi connectivity index (χ3n) is 4.12. The van der Waals surface area contributed by atoms with Crippen LogP contribution in [0, 0.1) is 0 Å². The van der Waals surface area contributed by atoms with E-state index in [0.29, 0.717) is 13.1 Å². The molecule has 0 unspecified atom stereocenters. The van der Waals surface area contributed by atoms with Gasteiger partial charge in [-0.3, -0.25) is 9.69 Å². The number of likely N-dealkylation sites (N-methyl/N-ethyl adjacent to an activating group) is 1. The number of hydrogen-bond donors (Lipinski definition) is 2. The second-order valence-electron chi connectivity index (χ2n) is 5.35. The van der Waals surface area contributed by atoms with E-state index in [1.807, 2.05) is 0 Å². The topological polar surface area (TPSA) is 58.4 Å². The highest BCUT2D eigenvalue weighted by Gasteiger charge is 2.36. The fourth-order valence-electron chi connectivity index (χ4n) is 2.97. The summed E-state index contributed by atoms with van der Waals surface area (Å²) in [6.45, 7) is 7.03. The normalized spacial score (nSPS) is 18.9. The second kappa shape index (κ2) is 7.74. The van der Waals surface area contributed by atoms with Gasteiger partial charge in [0.15, 0.2) is 0 Å². The molecule has 1 amide bonds. The van der Waals surface area contributed by atoms with Gasteiger partial charge in [0.2, 0.25) is 5.91 Å². The van der Waals surface area contributed by atoms with Crippen LogP contribution < -0.4 is 11.1 Å². The lowest BCUT2D eigenvalue weighted by atomic mass is 9.80. The maximum atomic E-state index is 11.9. The third-order valence-corrected chi connectivity index (χ3v) is 4.12. The second-order valence-corrected chi connectivity index (χ2v) is 5.35. The zero-order valence-electron chi connectivity index (χ0n) is 12.0. The molecule has 0 radical (unpaired) electrons. The number of nitrogens with zero attached hydrogens (tertiary/aromatic N) is 1. The number of nitrogens with one attached hydrogen (secondary N) is 1. The van der Waals surface area contributed by atoms with Crippen molar-refractivity contribution in [3.8, 4) is 0 Å². The molecule has 0 aromatic carbocycles. The van der Waals surface area contributed by atoms with Crippen LogP contribution in [0.2, 0.25) is 0 Å². The Morgan fingerprint density at radius 1 is 1.28 bits per heavy atom. The molecule has 0 aromatic heterocycles. The number of hydrogen-bond acceptors (Lipinski definition) is 3. The Kier molecular flexibility index (Phi) is 6.65. The first kappa shape index (κ1) is 15.4. The van der Waals surface area contributed by atoms with Crippen LogP contribution in [-0.4, -0.2) is 42.5 Å². The molecule has 0 spiro atoms. The molecule has 4 nitrogen and oxygen atoms in total. The highest BCUT2D eigenvalue weighted by Crippen LogP contribution is 2.32. The standard InChI is InChI=1S/C14H29N3O/c1-3-10-16-13(18)11-17(4-2)14(12-15)8-6-5-7-9-14/h3-12,15H2,1-2H3,(H,16,18). The molecule has 1 saturated carbocycles. The predicted molar refractivity (Wildman–Crippen MR) is 75.4 cm³/mol. The van der Waals surface area contributed by atoms with Crippen LogP contribution in [0.1, 0.15) is 52.4 Å². The van der Waals surface area contributed by atoms with Crippen LogP contribution in [0.5, 0.6) is 0 Å². The molecule has 106 valence electrons. The fourth-order valence-corrected chi connectivity index (χ4v) is 2.97. The monoisotopic (exact) mass is 255 g/mol. The van der Waals surface area contributed by atoms with E-state index in [-0.39, 0.29) is 11.4 Å². The molecule has 1 aliphatic carbocycles. The van der Waals surface area contributed by atoms with Crippen LogP contribution in [0.3, 0.4) is 0 Å². The van der Waals surface area contributed by atoms with E-state index >= 15 is 0 Å². The Balaban J connectivity index is 2.59. The number of rotatable bonds is 7. The Labute approximate surface area is 111 Å². The third kappa shape index (κ3) is 3.95. The lowest BCUT2D eigenvalue weighted by Gasteiger charge is -2.45. The highest BCUT2D eigenvalue weighted by molar-refractivity contribution is 5.78. The molecule has 4 heteroatoms. The lowest BCUT2D eigenvalue weighted by Crippen LogP contribution is -2.57. The first-order valence-corrected chi connectivity index (χ1v) is 7.40. The van der Waals surface area contributed by atoms with Gasteiger partial charge in [-0.1, -0.05) is 33.1 Å². The van der Waals surface area contributed by atoms with Gasteiger partial charge in [0.25, 0.3) is 0 Å². The van der Waals surface area contributed by atoms with Crippen LogP contribution in [-0.2, 0) is 4.79 Å². The van der Waals surface area contributed by atoms with Crippen molar-refractivity contribution in [2.24, 2.45) is 5.73 Å². The molecule has 3 N–H and O–H groups in total. The molecule has 0 aliphatic heterocycles. The molecule has 0 bridgehead atoms. The Morgan fingerprint density at radius 2 is 1.94 bits per heavy atom. The van der Waals surface area contributed by atoms with E-state index in [2.05, 4.69) is 24.1 Å². The van der Waals surface area contributed by atoms with Crippen molar-refractivity contribution in [2.75, 3.05) is 26.2 Å². The van der Waals surface area contributed by atoms with Gasteiger partial charge in [-0.05, 0) is 25.8 Å². The minimum absolute atomic E-state index is 0.0660. The van der Waals surface area contributed by atoms with E-state index in [4.69, 9.17) is 5.73 Å². The van der Waals surface area contributed by atoms with Crippen molar-refractivity contribution in [1.29, 1.82) is 0 Å². The number of nitrogens with two attached hydrogens (primary N) is 1. The summed E-state index contributed by atoms with van der Waals surface area (Å²) in [5, 5.41) is 2.96. The van der Waals surface area contributed by atoms with E-state index in [1.165, 1.54) is 19.3 Å². The number of amides is 1. The van der Waals surface area contributed by atoms with Crippen molar-refractivity contribution in [3.63, 3.8) is 0 Å². The van der Waals surface area contributed by atoms with E-state index in [9.17, 15) is 4.79 Å². The van der Waals surface area contributed by atoms with Crippen LogP contribution >= 0.6 is 0 Å². The van der Waals surface area contributed by atoms with E-state index in [0.717, 1.165) is 32.4 Å². The maximum Gasteiger partial charge on any atom is 0.234 e. The van der Waals surface area contributed by atoms with Gasteiger partial charge >= 0.3 is 0 Å². The largest absolute Gasteiger partial charge is 0.355 e. The summed E-state index contributed by atoms with van der Waals surface area (Å²) in [6.07, 6.45) is 7.05. The van der Waals surface area contributed by atoms with Crippen molar-refractivity contribution in [3.05, 3.63) is 0 Å². The van der Waals surface area contributed by atoms with Gasteiger partial charge in [-0.15, -0.1) is 0 Å². The number of carbonyl (C=O) groups is 1.